The van der Waals surface area contributed by atoms with Crippen molar-refractivity contribution in [3.8, 4) is 11.4 Å². The SMILES string of the molecule is CCCCCCCCOC(=C=O)Cc1cc(-n2nc3ccccc3n2)c(O)c(C(C)(C)C)c1. The van der Waals surface area contributed by atoms with E-state index in [1.807, 2.05) is 63.1 Å². The third-order valence-corrected chi connectivity index (χ3v) is 5.71. The van der Waals surface area contributed by atoms with Gasteiger partial charge in [0, 0.05) is 12.0 Å². The summed E-state index contributed by atoms with van der Waals surface area (Å²) in [5, 5.41) is 20.1. The first-order valence-corrected chi connectivity index (χ1v) is 11.9. The first-order chi connectivity index (χ1) is 15.8. The average molecular weight is 450 g/mol. The lowest BCUT2D eigenvalue weighted by atomic mass is 9.84. The van der Waals surface area contributed by atoms with Crippen LogP contribution in [0.1, 0.15) is 77.3 Å². The summed E-state index contributed by atoms with van der Waals surface area (Å²) < 4.78 is 5.74. The second-order valence-corrected chi connectivity index (χ2v) is 9.56. The largest absolute Gasteiger partial charge is 0.505 e. The molecule has 0 aliphatic rings. The second kappa shape index (κ2) is 11.2. The molecule has 3 rings (SSSR count). The van der Waals surface area contributed by atoms with E-state index in [0.717, 1.165) is 35.0 Å². The van der Waals surface area contributed by atoms with E-state index in [0.29, 0.717) is 18.7 Å². The zero-order valence-electron chi connectivity index (χ0n) is 20.2. The summed E-state index contributed by atoms with van der Waals surface area (Å²) in [6.45, 7) is 8.82. The lowest BCUT2D eigenvalue weighted by molar-refractivity contribution is 0.202. The van der Waals surface area contributed by atoms with Crippen molar-refractivity contribution in [2.45, 2.75) is 78.1 Å². The summed E-state index contributed by atoms with van der Waals surface area (Å²) in [6, 6.07) is 11.3. The van der Waals surface area contributed by atoms with Crippen LogP contribution in [-0.2, 0) is 21.4 Å². The molecular weight excluding hydrogens is 414 g/mol. The van der Waals surface area contributed by atoms with Gasteiger partial charge in [0.1, 0.15) is 22.5 Å². The maximum atomic E-state index is 11.6. The van der Waals surface area contributed by atoms with Gasteiger partial charge in [-0.25, -0.2) is 4.79 Å². The first-order valence-electron chi connectivity index (χ1n) is 11.9. The Labute approximate surface area is 196 Å². The van der Waals surface area contributed by atoms with Crippen molar-refractivity contribution >= 4 is 17.0 Å². The van der Waals surface area contributed by atoms with Gasteiger partial charge >= 0.3 is 0 Å². The summed E-state index contributed by atoms with van der Waals surface area (Å²) in [7, 11) is 0. The van der Waals surface area contributed by atoms with Crippen LogP contribution in [0.5, 0.6) is 5.75 Å². The molecule has 6 nitrogen and oxygen atoms in total. The molecule has 0 spiro atoms. The summed E-state index contributed by atoms with van der Waals surface area (Å²) in [6.07, 6.45) is 7.25. The van der Waals surface area contributed by atoms with Gasteiger partial charge in [-0.2, -0.15) is 0 Å². The number of hydrogen-bond donors (Lipinski definition) is 1. The molecule has 0 unspecified atom stereocenters. The number of rotatable bonds is 11. The van der Waals surface area contributed by atoms with Crippen LogP contribution < -0.4 is 0 Å². The van der Waals surface area contributed by atoms with Gasteiger partial charge < -0.3 is 9.84 Å². The molecule has 0 atom stereocenters. The van der Waals surface area contributed by atoms with Crippen molar-refractivity contribution in [2.24, 2.45) is 0 Å². The Morgan fingerprint density at radius 1 is 1.03 bits per heavy atom. The molecule has 0 saturated carbocycles. The monoisotopic (exact) mass is 449 g/mol. The predicted molar refractivity (Wildman–Crippen MR) is 131 cm³/mol. The molecule has 0 radical (unpaired) electrons. The smallest absolute Gasteiger partial charge is 0.183 e. The van der Waals surface area contributed by atoms with Gasteiger partial charge in [-0.3, -0.25) is 0 Å². The van der Waals surface area contributed by atoms with Gasteiger partial charge in [-0.1, -0.05) is 78.0 Å². The number of ether oxygens (including phenoxy) is 1. The topological polar surface area (TPSA) is 77.2 Å². The predicted octanol–water partition coefficient (Wildman–Crippen LogP) is 6.06. The van der Waals surface area contributed by atoms with E-state index in [2.05, 4.69) is 17.1 Å². The molecule has 0 aliphatic heterocycles. The molecule has 0 saturated heterocycles. The highest BCUT2D eigenvalue weighted by Crippen LogP contribution is 2.36. The number of phenolic OH excluding ortho intramolecular Hbond substituents is 1. The maximum Gasteiger partial charge on any atom is 0.183 e. The molecular formula is C27H35N3O3. The Morgan fingerprint density at radius 3 is 2.27 bits per heavy atom. The van der Waals surface area contributed by atoms with Crippen molar-refractivity contribution in [3.63, 3.8) is 0 Å². The van der Waals surface area contributed by atoms with Crippen LogP contribution in [-0.4, -0.2) is 32.6 Å². The van der Waals surface area contributed by atoms with E-state index in [1.54, 1.807) is 0 Å². The zero-order chi connectivity index (χ0) is 23.8. The average Bonchev–Trinajstić information content (AvgIpc) is 3.21. The van der Waals surface area contributed by atoms with E-state index >= 15 is 0 Å². The number of fused-ring (bicyclic) bond motifs is 1. The first kappa shape index (κ1) is 24.5. The normalized spacial score (nSPS) is 11.5. The van der Waals surface area contributed by atoms with Crippen molar-refractivity contribution in [1.29, 1.82) is 0 Å². The number of hydrogen-bond acceptors (Lipinski definition) is 5. The minimum absolute atomic E-state index is 0.135. The van der Waals surface area contributed by atoms with Crippen LogP contribution in [0.2, 0.25) is 0 Å². The minimum atomic E-state index is -0.314. The number of carbonyl (C=O) groups excluding carboxylic acids is 1. The highest BCUT2D eigenvalue weighted by atomic mass is 16.5. The quantitative estimate of drug-likeness (QED) is 0.219. The fourth-order valence-electron chi connectivity index (χ4n) is 3.85. The van der Waals surface area contributed by atoms with E-state index < -0.39 is 0 Å². The molecule has 2 aromatic carbocycles. The van der Waals surface area contributed by atoms with Crippen LogP contribution >= 0.6 is 0 Å². The number of phenols is 1. The van der Waals surface area contributed by atoms with E-state index in [-0.39, 0.29) is 16.9 Å². The molecule has 0 amide bonds. The fraction of sp³-hybridized carbons (Fsp3) is 0.481. The Balaban J connectivity index is 1.81. The number of nitrogens with zero attached hydrogens (tertiary/aromatic N) is 3. The third-order valence-electron chi connectivity index (χ3n) is 5.71. The molecule has 0 aliphatic carbocycles. The van der Waals surface area contributed by atoms with Gasteiger partial charge in [-0.15, -0.1) is 15.0 Å². The Kier molecular flexibility index (Phi) is 8.29. The number of aromatic nitrogens is 3. The number of unbranched alkanes of at least 4 members (excludes halogenated alkanes) is 5. The van der Waals surface area contributed by atoms with Crippen LogP contribution in [0.3, 0.4) is 0 Å². The molecule has 0 bridgehead atoms. The lowest BCUT2D eigenvalue weighted by Gasteiger charge is -2.23. The summed E-state index contributed by atoms with van der Waals surface area (Å²) >= 11 is 0. The Morgan fingerprint density at radius 2 is 1.67 bits per heavy atom. The fourth-order valence-corrected chi connectivity index (χ4v) is 3.85. The van der Waals surface area contributed by atoms with Crippen LogP contribution in [0, 0.1) is 0 Å². The maximum absolute atomic E-state index is 11.6. The van der Waals surface area contributed by atoms with Crippen molar-refractivity contribution in [2.75, 3.05) is 6.61 Å². The lowest BCUT2D eigenvalue weighted by Crippen LogP contribution is -2.14. The third kappa shape index (κ3) is 6.45. The van der Waals surface area contributed by atoms with E-state index in [4.69, 9.17) is 4.74 Å². The molecule has 1 heterocycles. The van der Waals surface area contributed by atoms with Gasteiger partial charge in [0.2, 0.25) is 0 Å². The zero-order valence-corrected chi connectivity index (χ0v) is 20.2. The van der Waals surface area contributed by atoms with Gasteiger partial charge in [0.15, 0.2) is 11.7 Å². The number of aromatic hydroxyl groups is 1. The van der Waals surface area contributed by atoms with E-state index in [9.17, 15) is 9.90 Å². The Bertz CT molecular complexity index is 1090. The van der Waals surface area contributed by atoms with E-state index in [1.165, 1.54) is 30.5 Å². The molecule has 1 N–H and O–H groups in total. The van der Waals surface area contributed by atoms with Crippen molar-refractivity contribution in [1.82, 2.24) is 15.0 Å². The number of allylic oxidation sites excluding steroid dienone is 1. The van der Waals surface area contributed by atoms with Crippen molar-refractivity contribution < 1.29 is 14.6 Å². The molecule has 3 aromatic rings. The van der Waals surface area contributed by atoms with Gasteiger partial charge in [0.25, 0.3) is 0 Å². The van der Waals surface area contributed by atoms with Gasteiger partial charge in [-0.05, 0) is 35.6 Å². The summed E-state index contributed by atoms with van der Waals surface area (Å²) in [5.74, 6) is 2.37. The standard InChI is InChI=1S/C27H35N3O3/c1-5-6-7-8-9-12-15-33-21(19-31)16-20-17-22(27(2,3)4)26(32)25(18-20)30-28-23-13-10-11-14-24(23)29-30/h10-11,13-14,17-18,32H,5-9,12,15-16H2,1-4H3. The summed E-state index contributed by atoms with van der Waals surface area (Å²) in [5.41, 5.74) is 3.26. The molecule has 1 aromatic heterocycles. The highest BCUT2D eigenvalue weighted by Gasteiger charge is 2.23. The molecule has 176 valence electrons. The Hall–Kier alpha value is -3.11. The van der Waals surface area contributed by atoms with Crippen LogP contribution in [0.15, 0.2) is 42.2 Å². The molecule has 6 heteroatoms. The minimum Gasteiger partial charge on any atom is -0.505 e. The van der Waals surface area contributed by atoms with Crippen molar-refractivity contribution in [3.05, 3.63) is 53.3 Å². The second-order valence-electron chi connectivity index (χ2n) is 9.56. The van der Waals surface area contributed by atoms with Crippen LogP contribution in [0.25, 0.3) is 16.7 Å². The van der Waals surface area contributed by atoms with Gasteiger partial charge in [0.05, 0.1) is 6.61 Å². The van der Waals surface area contributed by atoms with Crippen LogP contribution in [0.4, 0.5) is 0 Å². The molecule has 0 fully saturated rings. The summed E-state index contributed by atoms with van der Waals surface area (Å²) in [4.78, 5) is 13.0. The number of benzene rings is 2. The highest BCUT2D eigenvalue weighted by molar-refractivity contribution is 5.73. The molecule has 33 heavy (non-hydrogen) atoms.